The smallest absolute Gasteiger partial charge is 0.260 e. The molecular weight excluding hydrogens is 254 g/mol. The molecule has 0 aromatic heterocycles. The number of aliphatic hydroxyl groups is 1. The lowest BCUT2D eigenvalue weighted by Crippen LogP contribution is -2.36. The van der Waals surface area contributed by atoms with Gasteiger partial charge >= 0.3 is 0 Å². The van der Waals surface area contributed by atoms with Gasteiger partial charge in [0.1, 0.15) is 5.75 Å². The zero-order chi connectivity index (χ0) is 14.5. The lowest BCUT2D eigenvalue weighted by molar-refractivity contribution is -0.133. The van der Waals surface area contributed by atoms with Crippen molar-refractivity contribution in [1.82, 2.24) is 4.90 Å². The Morgan fingerprint density at radius 1 is 1.35 bits per heavy atom. The molecule has 4 heteroatoms. The molecule has 0 radical (unpaired) electrons. The first kappa shape index (κ1) is 14.9. The van der Waals surface area contributed by atoms with Crippen molar-refractivity contribution in [2.75, 3.05) is 13.2 Å². The summed E-state index contributed by atoms with van der Waals surface area (Å²) in [6, 6.07) is 7.71. The van der Waals surface area contributed by atoms with Gasteiger partial charge < -0.3 is 14.7 Å². The van der Waals surface area contributed by atoms with Crippen molar-refractivity contribution in [2.24, 2.45) is 0 Å². The Labute approximate surface area is 120 Å². The van der Waals surface area contributed by atoms with E-state index in [0.29, 0.717) is 18.2 Å². The molecule has 2 rings (SSSR count). The number of ether oxygens (including phenoxy) is 1. The number of nitrogens with zero attached hydrogens (tertiary/aromatic N) is 1. The second-order valence-electron chi connectivity index (χ2n) is 5.19. The highest BCUT2D eigenvalue weighted by molar-refractivity contribution is 5.78. The van der Waals surface area contributed by atoms with Crippen molar-refractivity contribution in [3.8, 4) is 5.75 Å². The third kappa shape index (κ3) is 3.73. The molecule has 1 aromatic rings. The molecule has 4 nitrogen and oxygen atoms in total. The number of carbonyl (C=O) groups is 1. The van der Waals surface area contributed by atoms with Crippen LogP contribution in [0.15, 0.2) is 24.3 Å². The molecule has 0 spiro atoms. The van der Waals surface area contributed by atoms with E-state index in [1.165, 1.54) is 0 Å². The lowest BCUT2D eigenvalue weighted by atomic mass is 10.1. The second-order valence-corrected chi connectivity index (χ2v) is 5.19. The molecule has 20 heavy (non-hydrogen) atoms. The summed E-state index contributed by atoms with van der Waals surface area (Å²) in [5.74, 6) is 0.713. The Morgan fingerprint density at radius 2 is 2.00 bits per heavy atom. The summed E-state index contributed by atoms with van der Waals surface area (Å²) in [5.41, 5.74) is 0.874. The van der Waals surface area contributed by atoms with E-state index < -0.39 is 6.10 Å². The normalized spacial score (nSPS) is 15.8. The van der Waals surface area contributed by atoms with E-state index in [-0.39, 0.29) is 12.5 Å². The van der Waals surface area contributed by atoms with E-state index in [1.807, 2.05) is 30.9 Å². The molecule has 1 amide bonds. The zero-order valence-electron chi connectivity index (χ0n) is 12.2. The van der Waals surface area contributed by atoms with Crippen LogP contribution < -0.4 is 4.74 Å². The van der Waals surface area contributed by atoms with Crippen molar-refractivity contribution in [2.45, 2.75) is 45.3 Å². The van der Waals surface area contributed by atoms with Crippen LogP contribution in [0.2, 0.25) is 0 Å². The van der Waals surface area contributed by atoms with E-state index in [2.05, 4.69) is 0 Å². The topological polar surface area (TPSA) is 49.8 Å². The van der Waals surface area contributed by atoms with Gasteiger partial charge in [0.25, 0.3) is 5.91 Å². The Hall–Kier alpha value is -1.55. The molecular formula is C16H23NO3. The molecule has 0 bridgehead atoms. The minimum Gasteiger partial charge on any atom is -0.484 e. The fourth-order valence-corrected chi connectivity index (χ4v) is 2.27. The van der Waals surface area contributed by atoms with Gasteiger partial charge in [-0.1, -0.05) is 19.1 Å². The Balaban J connectivity index is 1.85. The van der Waals surface area contributed by atoms with Crippen LogP contribution >= 0.6 is 0 Å². The molecule has 110 valence electrons. The maximum Gasteiger partial charge on any atom is 0.260 e. The highest BCUT2D eigenvalue weighted by Crippen LogP contribution is 2.26. The first-order valence-corrected chi connectivity index (χ1v) is 7.36. The van der Waals surface area contributed by atoms with Crippen LogP contribution in [0.5, 0.6) is 5.75 Å². The minimum absolute atomic E-state index is 0.0488. The molecule has 1 N–H and O–H groups in total. The van der Waals surface area contributed by atoms with Gasteiger partial charge in [-0.2, -0.15) is 0 Å². The molecule has 1 saturated carbocycles. The molecule has 1 aliphatic rings. The highest BCUT2D eigenvalue weighted by Gasteiger charge is 2.31. The fourth-order valence-electron chi connectivity index (χ4n) is 2.27. The Bertz CT molecular complexity index is 440. The molecule has 1 atom stereocenters. The highest BCUT2D eigenvalue weighted by atomic mass is 16.5. The van der Waals surface area contributed by atoms with Crippen molar-refractivity contribution >= 4 is 5.91 Å². The molecule has 1 aromatic carbocycles. The molecule has 1 aliphatic carbocycles. The number of carbonyl (C=O) groups excluding carboxylic acids is 1. The summed E-state index contributed by atoms with van der Waals surface area (Å²) in [4.78, 5) is 13.9. The maximum atomic E-state index is 12.0. The van der Waals surface area contributed by atoms with Crippen molar-refractivity contribution in [3.63, 3.8) is 0 Å². The average Bonchev–Trinajstić information content (AvgIpc) is 3.30. The molecule has 0 unspecified atom stereocenters. The number of hydrogen-bond acceptors (Lipinski definition) is 3. The van der Waals surface area contributed by atoms with Crippen LogP contribution in [0.3, 0.4) is 0 Å². The summed E-state index contributed by atoms with van der Waals surface area (Å²) < 4.78 is 5.52. The van der Waals surface area contributed by atoms with Crippen LogP contribution in [0.4, 0.5) is 0 Å². The minimum atomic E-state index is -0.434. The summed E-state index contributed by atoms with van der Waals surface area (Å²) >= 11 is 0. The number of aliphatic hydroxyl groups excluding tert-OH is 1. The second kappa shape index (κ2) is 6.75. The molecule has 0 aliphatic heterocycles. The van der Waals surface area contributed by atoms with Gasteiger partial charge in [-0.3, -0.25) is 4.79 Å². The third-order valence-electron chi connectivity index (χ3n) is 3.66. The van der Waals surface area contributed by atoms with Crippen molar-refractivity contribution in [1.29, 1.82) is 0 Å². The van der Waals surface area contributed by atoms with E-state index in [4.69, 9.17) is 4.74 Å². The number of benzene rings is 1. The first-order chi connectivity index (χ1) is 9.65. The van der Waals surface area contributed by atoms with Gasteiger partial charge in [0.15, 0.2) is 6.61 Å². The summed E-state index contributed by atoms with van der Waals surface area (Å²) in [6.45, 7) is 4.76. The SMILES string of the molecule is CC[C@H](O)c1ccc(OCC(=O)N(CC)C2CC2)cc1. The largest absolute Gasteiger partial charge is 0.484 e. The summed E-state index contributed by atoms with van der Waals surface area (Å²) in [7, 11) is 0. The van der Waals surface area contributed by atoms with Gasteiger partial charge in [0.05, 0.1) is 6.10 Å². The third-order valence-corrected chi connectivity index (χ3v) is 3.66. The van der Waals surface area contributed by atoms with E-state index >= 15 is 0 Å². The predicted molar refractivity (Wildman–Crippen MR) is 77.6 cm³/mol. The number of likely N-dealkylation sites (N-methyl/N-ethyl adjacent to an activating group) is 1. The number of rotatable bonds is 7. The Kier molecular flexibility index (Phi) is 5.01. The number of hydrogen-bond donors (Lipinski definition) is 1. The standard InChI is InChI=1S/C16H23NO3/c1-3-15(18)12-5-9-14(10-6-12)20-11-16(19)17(4-2)13-7-8-13/h5-6,9-10,13,15,18H,3-4,7-8,11H2,1-2H3/t15-/m0/s1. The van der Waals surface area contributed by atoms with E-state index in [0.717, 1.165) is 24.9 Å². The summed E-state index contributed by atoms with van der Waals surface area (Å²) in [5, 5.41) is 9.71. The van der Waals surface area contributed by atoms with Crippen LogP contribution in [0, 0.1) is 0 Å². The van der Waals surface area contributed by atoms with Crippen LogP contribution in [0.1, 0.15) is 44.8 Å². The van der Waals surface area contributed by atoms with Gasteiger partial charge in [-0.15, -0.1) is 0 Å². The molecule has 0 saturated heterocycles. The summed E-state index contributed by atoms with van der Waals surface area (Å²) in [6.07, 6.45) is 2.48. The van der Waals surface area contributed by atoms with Crippen molar-refractivity contribution < 1.29 is 14.6 Å². The van der Waals surface area contributed by atoms with Crippen LogP contribution in [-0.4, -0.2) is 35.1 Å². The van der Waals surface area contributed by atoms with Crippen LogP contribution in [-0.2, 0) is 4.79 Å². The molecule has 0 heterocycles. The van der Waals surface area contributed by atoms with Gasteiger partial charge in [-0.25, -0.2) is 0 Å². The Morgan fingerprint density at radius 3 is 2.50 bits per heavy atom. The van der Waals surface area contributed by atoms with Crippen LogP contribution in [0.25, 0.3) is 0 Å². The van der Waals surface area contributed by atoms with E-state index in [1.54, 1.807) is 12.1 Å². The average molecular weight is 277 g/mol. The van der Waals surface area contributed by atoms with Gasteiger partial charge in [-0.05, 0) is 43.9 Å². The quantitative estimate of drug-likeness (QED) is 0.833. The molecule has 1 fully saturated rings. The van der Waals surface area contributed by atoms with E-state index in [9.17, 15) is 9.90 Å². The predicted octanol–water partition coefficient (Wildman–Crippen LogP) is 2.52. The first-order valence-electron chi connectivity index (χ1n) is 7.36. The van der Waals surface area contributed by atoms with Gasteiger partial charge in [0, 0.05) is 12.6 Å². The zero-order valence-corrected chi connectivity index (χ0v) is 12.2. The number of amides is 1. The van der Waals surface area contributed by atoms with Gasteiger partial charge in [0.2, 0.25) is 0 Å². The monoisotopic (exact) mass is 277 g/mol. The lowest BCUT2D eigenvalue weighted by Gasteiger charge is -2.20. The maximum absolute atomic E-state index is 12.0. The van der Waals surface area contributed by atoms with Crippen molar-refractivity contribution in [3.05, 3.63) is 29.8 Å². The fraction of sp³-hybridized carbons (Fsp3) is 0.562.